The molecule has 10 heteroatoms. The number of halogens is 1. The van der Waals surface area contributed by atoms with Crippen LogP contribution in [0.4, 0.5) is 5.69 Å². The predicted octanol–water partition coefficient (Wildman–Crippen LogP) is 3.18. The monoisotopic (exact) mass is 484 g/mol. The summed E-state index contributed by atoms with van der Waals surface area (Å²) >= 11 is 3.15. The van der Waals surface area contributed by atoms with Gasteiger partial charge in [0.1, 0.15) is 5.76 Å². The number of aryl methyl sites for hydroxylation is 1. The van der Waals surface area contributed by atoms with Crippen LogP contribution in [0.1, 0.15) is 18.2 Å². The molecule has 1 aromatic carbocycles. The van der Waals surface area contributed by atoms with E-state index < -0.39 is 28.0 Å². The first-order valence-corrected chi connectivity index (χ1v) is 10.7. The van der Waals surface area contributed by atoms with E-state index in [1.54, 1.807) is 25.1 Å². The number of hydrogen-bond donors (Lipinski definition) is 1. The fourth-order valence-electron chi connectivity index (χ4n) is 2.18. The highest BCUT2D eigenvalue weighted by atomic mass is 79.9. The number of furan rings is 1. The van der Waals surface area contributed by atoms with Gasteiger partial charge in [-0.25, -0.2) is 17.5 Å². The Morgan fingerprint density at radius 3 is 2.52 bits per heavy atom. The van der Waals surface area contributed by atoms with Gasteiger partial charge in [0, 0.05) is 25.9 Å². The number of rotatable bonds is 7. The lowest BCUT2D eigenvalue weighted by molar-refractivity contribution is -0.148. The molecule has 2 aromatic rings. The van der Waals surface area contributed by atoms with Crippen molar-refractivity contribution in [3.05, 3.63) is 52.4 Å². The van der Waals surface area contributed by atoms with E-state index in [0.29, 0.717) is 21.7 Å². The van der Waals surface area contributed by atoms with Crippen LogP contribution in [0.25, 0.3) is 6.08 Å². The summed E-state index contributed by atoms with van der Waals surface area (Å²) in [7, 11) is -0.807. The normalized spacial score (nSPS) is 12.9. The first-order chi connectivity index (χ1) is 13.5. The summed E-state index contributed by atoms with van der Waals surface area (Å²) in [6.45, 7) is 3.14. The van der Waals surface area contributed by atoms with Crippen LogP contribution in [0.3, 0.4) is 0 Å². The highest BCUT2D eigenvalue weighted by molar-refractivity contribution is 9.10. The van der Waals surface area contributed by atoms with Gasteiger partial charge in [-0.2, -0.15) is 0 Å². The predicted molar refractivity (Wildman–Crippen MR) is 112 cm³/mol. The molecule has 0 saturated carbocycles. The molecule has 0 aliphatic heterocycles. The third-order valence-corrected chi connectivity index (χ3v) is 6.12. The van der Waals surface area contributed by atoms with Crippen molar-refractivity contribution in [3.8, 4) is 0 Å². The second-order valence-corrected chi connectivity index (χ2v) is 9.24. The molecule has 0 radical (unpaired) electrons. The van der Waals surface area contributed by atoms with Gasteiger partial charge in [0.15, 0.2) is 10.8 Å². The van der Waals surface area contributed by atoms with E-state index in [2.05, 4.69) is 21.2 Å². The standard InChI is InChI=1S/C19H21BrN2O6S/c1-12-5-8-15(29(25,26)22(3)4)11-16(12)21-19(24)13(2)27-18(23)10-7-14-6-9-17(20)28-14/h5-11,13H,1-4H3,(H,21,24)/b10-7+/t13-/m1/s1. The minimum absolute atomic E-state index is 0.0422. The second kappa shape index (κ2) is 9.38. The number of anilines is 1. The largest absolute Gasteiger partial charge is 0.450 e. The van der Waals surface area contributed by atoms with Gasteiger partial charge < -0.3 is 14.5 Å². The van der Waals surface area contributed by atoms with E-state index in [-0.39, 0.29) is 4.90 Å². The lowest BCUT2D eigenvalue weighted by Crippen LogP contribution is -2.30. The molecule has 0 aliphatic rings. The number of sulfonamides is 1. The second-order valence-electron chi connectivity index (χ2n) is 6.31. The minimum atomic E-state index is -3.65. The number of amides is 1. The molecule has 1 N–H and O–H groups in total. The average molecular weight is 485 g/mol. The molecule has 1 heterocycles. The van der Waals surface area contributed by atoms with Crippen LogP contribution in [-0.2, 0) is 24.3 Å². The highest BCUT2D eigenvalue weighted by Crippen LogP contribution is 2.22. The van der Waals surface area contributed by atoms with Gasteiger partial charge in [0.05, 0.1) is 4.90 Å². The molecule has 29 heavy (non-hydrogen) atoms. The van der Waals surface area contributed by atoms with Crippen LogP contribution in [0, 0.1) is 6.92 Å². The first-order valence-electron chi connectivity index (χ1n) is 8.49. The lowest BCUT2D eigenvalue weighted by atomic mass is 10.2. The number of nitrogens with one attached hydrogen (secondary N) is 1. The van der Waals surface area contributed by atoms with Crippen molar-refractivity contribution in [2.75, 3.05) is 19.4 Å². The minimum Gasteiger partial charge on any atom is -0.450 e. The van der Waals surface area contributed by atoms with Crippen LogP contribution in [-0.4, -0.2) is 44.8 Å². The van der Waals surface area contributed by atoms with E-state index in [1.807, 2.05) is 0 Å². The van der Waals surface area contributed by atoms with Gasteiger partial charge in [-0.15, -0.1) is 0 Å². The number of benzene rings is 1. The van der Waals surface area contributed by atoms with E-state index in [9.17, 15) is 18.0 Å². The Balaban J connectivity index is 2.05. The van der Waals surface area contributed by atoms with Crippen LogP contribution in [0.2, 0.25) is 0 Å². The van der Waals surface area contributed by atoms with Crippen LogP contribution >= 0.6 is 15.9 Å². The van der Waals surface area contributed by atoms with Gasteiger partial charge in [-0.3, -0.25) is 4.79 Å². The molecule has 0 bridgehead atoms. The van der Waals surface area contributed by atoms with Crippen molar-refractivity contribution in [2.45, 2.75) is 24.8 Å². The van der Waals surface area contributed by atoms with Crippen molar-refractivity contribution < 1.29 is 27.2 Å². The molecule has 1 atom stereocenters. The first kappa shape index (κ1) is 22.9. The van der Waals surface area contributed by atoms with E-state index in [4.69, 9.17) is 9.15 Å². The van der Waals surface area contributed by atoms with Gasteiger partial charge >= 0.3 is 5.97 Å². The smallest absolute Gasteiger partial charge is 0.331 e. The van der Waals surface area contributed by atoms with Crippen molar-refractivity contribution in [2.24, 2.45) is 0 Å². The molecule has 0 fully saturated rings. The van der Waals surface area contributed by atoms with Crippen LogP contribution in [0.5, 0.6) is 0 Å². The molecule has 1 amide bonds. The summed E-state index contributed by atoms with van der Waals surface area (Å²) < 4.78 is 36.4. The molecule has 1 aromatic heterocycles. The number of hydrogen-bond acceptors (Lipinski definition) is 6. The Kier molecular flexibility index (Phi) is 7.39. The maximum absolute atomic E-state index is 12.4. The van der Waals surface area contributed by atoms with Crippen molar-refractivity contribution in [1.82, 2.24) is 4.31 Å². The molecule has 8 nitrogen and oxygen atoms in total. The Labute approximate surface area is 177 Å². The third-order valence-electron chi connectivity index (χ3n) is 3.89. The highest BCUT2D eigenvalue weighted by Gasteiger charge is 2.21. The number of carbonyl (C=O) groups is 2. The third kappa shape index (κ3) is 6.02. The zero-order valence-corrected chi connectivity index (χ0v) is 18.7. The lowest BCUT2D eigenvalue weighted by Gasteiger charge is -2.16. The number of nitrogens with zero attached hydrogens (tertiary/aromatic N) is 1. The molecule has 0 spiro atoms. The summed E-state index contributed by atoms with van der Waals surface area (Å²) in [5.74, 6) is -0.865. The van der Waals surface area contributed by atoms with E-state index >= 15 is 0 Å². The number of esters is 1. The average Bonchev–Trinajstić information content (AvgIpc) is 3.06. The number of ether oxygens (including phenoxy) is 1. The van der Waals surface area contributed by atoms with Gasteiger partial charge in [-0.1, -0.05) is 6.07 Å². The summed E-state index contributed by atoms with van der Waals surface area (Å²) in [6.07, 6.45) is 1.46. The molecule has 156 valence electrons. The molecule has 2 rings (SSSR count). The summed E-state index contributed by atoms with van der Waals surface area (Å²) in [4.78, 5) is 24.3. The SMILES string of the molecule is Cc1ccc(S(=O)(=O)N(C)C)cc1NC(=O)[C@@H](C)OC(=O)/C=C/c1ccc(Br)o1. The van der Waals surface area contributed by atoms with Crippen molar-refractivity contribution in [1.29, 1.82) is 0 Å². The Bertz CT molecular complexity index is 1040. The maximum Gasteiger partial charge on any atom is 0.331 e. The Hall–Kier alpha value is -2.43. The Morgan fingerprint density at radius 2 is 1.93 bits per heavy atom. The zero-order chi connectivity index (χ0) is 21.8. The van der Waals surface area contributed by atoms with Gasteiger partial charge in [0.25, 0.3) is 5.91 Å². The molecule has 0 saturated heterocycles. The fraction of sp³-hybridized carbons (Fsp3) is 0.263. The van der Waals surface area contributed by atoms with Gasteiger partial charge in [-0.05, 0) is 65.7 Å². The van der Waals surface area contributed by atoms with Crippen molar-refractivity contribution >= 4 is 49.6 Å². The molecule has 0 unspecified atom stereocenters. The van der Waals surface area contributed by atoms with Crippen LogP contribution < -0.4 is 5.32 Å². The maximum atomic E-state index is 12.4. The van der Waals surface area contributed by atoms with Crippen LogP contribution in [0.15, 0.2) is 50.4 Å². The molecule has 0 aliphatic carbocycles. The summed E-state index contributed by atoms with van der Waals surface area (Å²) in [5, 5.41) is 2.60. The summed E-state index contributed by atoms with van der Waals surface area (Å²) in [6, 6.07) is 7.75. The topological polar surface area (TPSA) is 106 Å². The molecular formula is C19H21BrN2O6S. The zero-order valence-electron chi connectivity index (χ0n) is 16.3. The molecular weight excluding hydrogens is 464 g/mol. The number of carbonyl (C=O) groups excluding carboxylic acids is 2. The van der Waals surface area contributed by atoms with E-state index in [1.165, 1.54) is 39.2 Å². The fourth-order valence-corrected chi connectivity index (χ4v) is 3.42. The van der Waals surface area contributed by atoms with Crippen molar-refractivity contribution in [3.63, 3.8) is 0 Å². The van der Waals surface area contributed by atoms with E-state index in [0.717, 1.165) is 10.4 Å². The Morgan fingerprint density at radius 1 is 1.24 bits per heavy atom. The van der Waals surface area contributed by atoms with Gasteiger partial charge in [0.2, 0.25) is 10.0 Å². The quantitative estimate of drug-likeness (QED) is 0.477. The summed E-state index contributed by atoms with van der Waals surface area (Å²) in [5.41, 5.74) is 0.981.